The highest BCUT2D eigenvalue weighted by Gasteiger charge is 2.31. The maximum Gasteiger partial charge on any atom is 0.145 e. The predicted octanol–water partition coefficient (Wildman–Crippen LogP) is 0.940. The smallest absolute Gasteiger partial charge is 0.145 e. The van der Waals surface area contributed by atoms with Crippen LogP contribution in [0.25, 0.3) is 0 Å². The lowest BCUT2D eigenvalue weighted by Gasteiger charge is -2.43. The summed E-state index contributed by atoms with van der Waals surface area (Å²) in [5.41, 5.74) is 2.53. The molecule has 0 atom stereocenters. The zero-order valence-corrected chi connectivity index (χ0v) is 11.2. The number of ether oxygens (including phenoxy) is 1. The first-order valence-corrected chi connectivity index (χ1v) is 6.27. The number of aryl methyl sites for hydroxylation is 1. The average molecular weight is 251 g/mol. The summed E-state index contributed by atoms with van der Waals surface area (Å²) in [7, 11) is 0. The molecule has 6 heteroatoms. The molecule has 0 spiro atoms. The minimum atomic E-state index is -0.0660. The lowest BCUT2D eigenvalue weighted by Crippen LogP contribution is -2.53. The van der Waals surface area contributed by atoms with Gasteiger partial charge in [0.2, 0.25) is 0 Å². The zero-order valence-electron chi connectivity index (χ0n) is 11.2. The summed E-state index contributed by atoms with van der Waals surface area (Å²) in [5.74, 6) is 7.81. The number of hydrogen-bond donors (Lipinski definition) is 2. The van der Waals surface area contributed by atoms with E-state index in [0.29, 0.717) is 12.4 Å². The maximum absolute atomic E-state index is 5.52. The van der Waals surface area contributed by atoms with Gasteiger partial charge in [0, 0.05) is 19.0 Å². The van der Waals surface area contributed by atoms with Gasteiger partial charge in [-0.05, 0) is 13.8 Å². The van der Waals surface area contributed by atoms with Crippen molar-refractivity contribution in [3.05, 3.63) is 11.9 Å². The maximum atomic E-state index is 5.52. The summed E-state index contributed by atoms with van der Waals surface area (Å²) in [4.78, 5) is 11.1. The molecule has 0 unspecified atom stereocenters. The fraction of sp³-hybridized carbons (Fsp3) is 0.667. The fourth-order valence-electron chi connectivity index (χ4n) is 2.14. The third-order valence-corrected chi connectivity index (χ3v) is 3.14. The van der Waals surface area contributed by atoms with Gasteiger partial charge in [-0.3, -0.25) is 0 Å². The topological polar surface area (TPSA) is 76.3 Å². The Morgan fingerprint density at radius 1 is 1.50 bits per heavy atom. The summed E-state index contributed by atoms with van der Waals surface area (Å²) < 4.78 is 5.52. The SMILES string of the molecule is CCc1nc(NN)cc(N2CCOCC2(C)C)n1. The number of aromatic nitrogens is 2. The van der Waals surface area contributed by atoms with Crippen molar-refractivity contribution in [1.29, 1.82) is 0 Å². The number of nitrogens with two attached hydrogens (primary N) is 1. The van der Waals surface area contributed by atoms with Gasteiger partial charge in [-0.15, -0.1) is 0 Å². The Balaban J connectivity index is 2.36. The molecule has 0 aromatic carbocycles. The number of hydrogen-bond acceptors (Lipinski definition) is 6. The van der Waals surface area contributed by atoms with Crippen LogP contribution in [-0.2, 0) is 11.2 Å². The lowest BCUT2D eigenvalue weighted by molar-refractivity contribution is 0.0639. The summed E-state index contributed by atoms with van der Waals surface area (Å²) in [5, 5.41) is 0. The molecule has 0 saturated carbocycles. The van der Waals surface area contributed by atoms with Gasteiger partial charge in [-0.2, -0.15) is 0 Å². The van der Waals surface area contributed by atoms with Gasteiger partial charge in [0.15, 0.2) is 0 Å². The van der Waals surface area contributed by atoms with Crippen molar-refractivity contribution in [3.8, 4) is 0 Å². The third-order valence-electron chi connectivity index (χ3n) is 3.14. The van der Waals surface area contributed by atoms with Gasteiger partial charge >= 0.3 is 0 Å². The van der Waals surface area contributed by atoms with Crippen LogP contribution in [0.2, 0.25) is 0 Å². The Morgan fingerprint density at radius 2 is 2.28 bits per heavy atom. The van der Waals surface area contributed by atoms with Crippen LogP contribution >= 0.6 is 0 Å². The molecular weight excluding hydrogens is 230 g/mol. The lowest BCUT2D eigenvalue weighted by atomic mass is 10.0. The second-order valence-corrected chi connectivity index (χ2v) is 5.04. The van der Waals surface area contributed by atoms with Gasteiger partial charge in [0.1, 0.15) is 17.5 Å². The Labute approximate surface area is 108 Å². The Hall–Kier alpha value is -1.40. The summed E-state index contributed by atoms with van der Waals surface area (Å²) in [6, 6.07) is 1.88. The molecule has 0 radical (unpaired) electrons. The molecule has 6 nitrogen and oxygen atoms in total. The molecule has 1 aliphatic heterocycles. The monoisotopic (exact) mass is 251 g/mol. The van der Waals surface area contributed by atoms with E-state index >= 15 is 0 Å². The number of nitrogens with zero attached hydrogens (tertiary/aromatic N) is 3. The Morgan fingerprint density at radius 3 is 2.89 bits per heavy atom. The molecular formula is C12H21N5O. The van der Waals surface area contributed by atoms with Crippen molar-refractivity contribution in [2.24, 2.45) is 5.84 Å². The van der Waals surface area contributed by atoms with Crippen molar-refractivity contribution in [2.75, 3.05) is 30.1 Å². The standard InChI is InChI=1S/C12H21N5O/c1-4-9-14-10(16-13)7-11(15-9)17-5-6-18-8-12(17,2)3/h7H,4-6,8,13H2,1-3H3,(H,14,15,16). The molecule has 1 aromatic rings. The van der Waals surface area contributed by atoms with Crippen molar-refractivity contribution in [2.45, 2.75) is 32.7 Å². The third kappa shape index (κ3) is 2.54. The molecule has 3 N–H and O–H groups in total. The van der Waals surface area contributed by atoms with Gasteiger partial charge < -0.3 is 15.1 Å². The van der Waals surface area contributed by atoms with Crippen molar-refractivity contribution >= 4 is 11.6 Å². The highest BCUT2D eigenvalue weighted by atomic mass is 16.5. The molecule has 1 aliphatic rings. The van der Waals surface area contributed by atoms with E-state index < -0.39 is 0 Å². The normalized spacial score (nSPS) is 18.8. The van der Waals surface area contributed by atoms with Crippen molar-refractivity contribution in [1.82, 2.24) is 9.97 Å². The van der Waals surface area contributed by atoms with E-state index in [1.807, 2.05) is 13.0 Å². The van der Waals surface area contributed by atoms with Crippen LogP contribution in [0.4, 0.5) is 11.6 Å². The molecule has 1 aromatic heterocycles. The number of anilines is 2. The van der Waals surface area contributed by atoms with Gasteiger partial charge in [-0.1, -0.05) is 6.92 Å². The van der Waals surface area contributed by atoms with Crippen molar-refractivity contribution in [3.63, 3.8) is 0 Å². The molecule has 0 bridgehead atoms. The van der Waals surface area contributed by atoms with Crippen molar-refractivity contribution < 1.29 is 4.74 Å². The first kappa shape index (κ1) is 13.0. The van der Waals surface area contributed by atoms with Gasteiger partial charge in [-0.25, -0.2) is 15.8 Å². The van der Waals surface area contributed by atoms with E-state index in [2.05, 4.69) is 34.1 Å². The molecule has 2 heterocycles. The fourth-order valence-corrected chi connectivity index (χ4v) is 2.14. The largest absolute Gasteiger partial charge is 0.377 e. The predicted molar refractivity (Wildman–Crippen MR) is 71.5 cm³/mol. The van der Waals surface area contributed by atoms with E-state index in [1.54, 1.807) is 0 Å². The molecule has 0 amide bonds. The van der Waals surface area contributed by atoms with E-state index in [9.17, 15) is 0 Å². The highest BCUT2D eigenvalue weighted by molar-refractivity contribution is 5.51. The number of nitrogens with one attached hydrogen (secondary N) is 1. The highest BCUT2D eigenvalue weighted by Crippen LogP contribution is 2.26. The molecule has 2 rings (SSSR count). The second-order valence-electron chi connectivity index (χ2n) is 5.04. The molecule has 100 valence electrons. The van der Waals surface area contributed by atoms with Gasteiger partial charge in [0.25, 0.3) is 0 Å². The number of nitrogen functional groups attached to an aromatic ring is 1. The molecule has 1 fully saturated rings. The summed E-state index contributed by atoms with van der Waals surface area (Å²) >= 11 is 0. The van der Waals surface area contributed by atoms with Crippen LogP contribution in [0.5, 0.6) is 0 Å². The van der Waals surface area contributed by atoms with Crippen LogP contribution in [0, 0.1) is 0 Å². The quantitative estimate of drug-likeness (QED) is 0.615. The first-order chi connectivity index (χ1) is 8.56. The number of rotatable bonds is 3. The molecule has 0 aliphatic carbocycles. The van der Waals surface area contributed by atoms with Crippen LogP contribution in [0.15, 0.2) is 6.07 Å². The Bertz CT molecular complexity index is 399. The number of morpholine rings is 1. The summed E-state index contributed by atoms with van der Waals surface area (Å²) in [6.07, 6.45) is 0.785. The van der Waals surface area contributed by atoms with Crippen LogP contribution < -0.4 is 16.2 Å². The first-order valence-electron chi connectivity index (χ1n) is 6.27. The average Bonchev–Trinajstić information content (AvgIpc) is 2.37. The van der Waals surface area contributed by atoms with E-state index in [4.69, 9.17) is 10.6 Å². The molecule has 1 saturated heterocycles. The van der Waals surface area contributed by atoms with Crippen LogP contribution in [0.3, 0.4) is 0 Å². The minimum Gasteiger partial charge on any atom is -0.377 e. The van der Waals surface area contributed by atoms with Crippen LogP contribution in [-0.4, -0.2) is 35.3 Å². The second kappa shape index (κ2) is 5.07. The van der Waals surface area contributed by atoms with E-state index in [1.165, 1.54) is 0 Å². The van der Waals surface area contributed by atoms with E-state index in [-0.39, 0.29) is 5.54 Å². The Kier molecular flexibility index (Phi) is 3.68. The van der Waals surface area contributed by atoms with Gasteiger partial charge in [0.05, 0.1) is 18.8 Å². The summed E-state index contributed by atoms with van der Waals surface area (Å²) in [6.45, 7) is 8.58. The molecule has 18 heavy (non-hydrogen) atoms. The van der Waals surface area contributed by atoms with E-state index in [0.717, 1.165) is 31.2 Å². The number of hydrazine groups is 1. The van der Waals surface area contributed by atoms with Crippen LogP contribution in [0.1, 0.15) is 26.6 Å². The minimum absolute atomic E-state index is 0.0660. The zero-order chi connectivity index (χ0) is 13.2.